The zero-order valence-corrected chi connectivity index (χ0v) is 31.4. The molecule has 3 amide bonds. The molecule has 3 aromatic carbocycles. The van der Waals surface area contributed by atoms with Gasteiger partial charge in [-0.3, -0.25) is 24.2 Å². The number of amides is 3. The third-order valence-electron chi connectivity index (χ3n) is 10.3. The standard InChI is InChI=1S/C41H48N8O5/c1-6-48(7-2)40(37(42)50)49-26(4)35(41(53)54)25(3)34(49)23-32-31-12-9-13-33(36(31)45-39(32)52)43-29-10-8-11-30(22-29)44-38(51)28-16-14-27(15-17-28)24-47-20-18-46(5)19-21-47/h8-17,22-23,40,43H,6-7,18-21,24H2,1-5H3,(H2,42,50)(H,44,51)(H,45,52)(H,53,54). The van der Waals surface area contributed by atoms with Crippen LogP contribution in [0.3, 0.4) is 0 Å². The van der Waals surface area contributed by atoms with Crippen molar-refractivity contribution in [2.45, 2.75) is 40.4 Å². The quantitative estimate of drug-likeness (QED) is 0.114. The van der Waals surface area contributed by atoms with Crippen LogP contribution in [0.1, 0.15) is 68.8 Å². The van der Waals surface area contributed by atoms with Gasteiger partial charge in [-0.1, -0.05) is 44.2 Å². The van der Waals surface area contributed by atoms with Crippen LogP contribution in [0.2, 0.25) is 0 Å². The second-order valence-electron chi connectivity index (χ2n) is 13.8. The molecular weight excluding hydrogens is 685 g/mol. The van der Waals surface area contributed by atoms with Crippen molar-refractivity contribution in [1.82, 2.24) is 19.3 Å². The molecule has 13 nitrogen and oxygen atoms in total. The molecule has 13 heteroatoms. The number of primary amides is 1. The maximum Gasteiger partial charge on any atom is 0.337 e. The molecule has 3 heterocycles. The maximum absolute atomic E-state index is 13.6. The van der Waals surface area contributed by atoms with Crippen molar-refractivity contribution in [2.75, 3.05) is 62.3 Å². The van der Waals surface area contributed by atoms with E-state index in [9.17, 15) is 24.3 Å². The Bertz CT molecular complexity index is 2110. The van der Waals surface area contributed by atoms with Crippen molar-refractivity contribution in [3.63, 3.8) is 0 Å². The Hall–Kier alpha value is -5.76. The molecule has 6 rings (SSSR count). The Morgan fingerprint density at radius 2 is 1.63 bits per heavy atom. The van der Waals surface area contributed by atoms with Gasteiger partial charge in [0.05, 0.1) is 22.5 Å². The Balaban J connectivity index is 1.23. The number of carboxylic acids is 1. The topological polar surface area (TPSA) is 165 Å². The summed E-state index contributed by atoms with van der Waals surface area (Å²) in [5.41, 5.74) is 12.3. The number of piperazine rings is 1. The van der Waals surface area contributed by atoms with Gasteiger partial charge in [-0.05, 0) is 87.6 Å². The number of carbonyl (C=O) groups excluding carboxylic acids is 3. The largest absolute Gasteiger partial charge is 0.478 e. The van der Waals surface area contributed by atoms with Gasteiger partial charge in [-0.2, -0.15) is 0 Å². The van der Waals surface area contributed by atoms with Crippen LogP contribution in [0.5, 0.6) is 0 Å². The summed E-state index contributed by atoms with van der Waals surface area (Å²) in [6.45, 7) is 13.1. The van der Waals surface area contributed by atoms with Gasteiger partial charge >= 0.3 is 5.97 Å². The molecule has 1 aromatic heterocycles. The van der Waals surface area contributed by atoms with E-state index >= 15 is 0 Å². The highest BCUT2D eigenvalue weighted by Crippen LogP contribution is 2.41. The van der Waals surface area contributed by atoms with Crippen molar-refractivity contribution in [3.05, 3.63) is 106 Å². The average Bonchev–Trinajstić information content (AvgIpc) is 3.59. The second-order valence-corrected chi connectivity index (χ2v) is 13.8. The van der Waals surface area contributed by atoms with Gasteiger partial charge in [-0.25, -0.2) is 4.79 Å². The number of hydrogen-bond acceptors (Lipinski definition) is 8. The number of nitrogens with two attached hydrogens (primary N) is 1. The maximum atomic E-state index is 13.6. The third-order valence-corrected chi connectivity index (χ3v) is 10.3. The van der Waals surface area contributed by atoms with Crippen LogP contribution in [0.4, 0.5) is 22.7 Å². The first-order valence-corrected chi connectivity index (χ1v) is 18.2. The molecule has 54 heavy (non-hydrogen) atoms. The zero-order chi connectivity index (χ0) is 38.7. The number of likely N-dealkylation sites (N-methyl/N-ethyl adjacent to an activating group) is 2. The minimum Gasteiger partial charge on any atom is -0.478 e. The third kappa shape index (κ3) is 7.79. The molecule has 2 aliphatic heterocycles. The van der Waals surface area contributed by atoms with Crippen molar-refractivity contribution >= 4 is 58.1 Å². The smallest absolute Gasteiger partial charge is 0.337 e. The average molecular weight is 733 g/mol. The molecule has 2 aliphatic rings. The lowest BCUT2D eigenvalue weighted by molar-refractivity contribution is -0.126. The fourth-order valence-electron chi connectivity index (χ4n) is 7.39. The predicted molar refractivity (Wildman–Crippen MR) is 212 cm³/mol. The van der Waals surface area contributed by atoms with Gasteiger partial charge in [-0.15, -0.1) is 0 Å². The lowest BCUT2D eigenvalue weighted by Gasteiger charge is -2.32. The first-order valence-electron chi connectivity index (χ1n) is 18.2. The molecule has 1 atom stereocenters. The summed E-state index contributed by atoms with van der Waals surface area (Å²) in [5.74, 6) is -2.37. The molecular formula is C41H48N8O5. The van der Waals surface area contributed by atoms with Gasteiger partial charge in [0.25, 0.3) is 17.7 Å². The molecule has 1 saturated heterocycles. The fraction of sp³-hybridized carbons (Fsp3) is 0.317. The van der Waals surface area contributed by atoms with Crippen LogP contribution in [-0.4, -0.2) is 94.4 Å². The normalized spacial score (nSPS) is 16.0. The monoisotopic (exact) mass is 732 g/mol. The summed E-state index contributed by atoms with van der Waals surface area (Å²) in [4.78, 5) is 58.7. The van der Waals surface area contributed by atoms with Crippen molar-refractivity contribution < 1.29 is 24.3 Å². The van der Waals surface area contributed by atoms with Crippen LogP contribution in [0, 0.1) is 13.8 Å². The Labute approximate surface area is 315 Å². The summed E-state index contributed by atoms with van der Waals surface area (Å²) in [7, 11) is 2.14. The second kappa shape index (κ2) is 16.1. The Morgan fingerprint density at radius 1 is 0.963 bits per heavy atom. The summed E-state index contributed by atoms with van der Waals surface area (Å²) in [5, 5.41) is 19.4. The molecule has 1 fully saturated rings. The summed E-state index contributed by atoms with van der Waals surface area (Å²) >= 11 is 0. The number of nitrogens with zero attached hydrogens (tertiary/aromatic N) is 4. The van der Waals surface area contributed by atoms with E-state index in [4.69, 9.17) is 5.73 Å². The highest BCUT2D eigenvalue weighted by Gasteiger charge is 2.33. The van der Waals surface area contributed by atoms with E-state index in [1.54, 1.807) is 30.6 Å². The van der Waals surface area contributed by atoms with Gasteiger partial charge in [0.15, 0.2) is 6.17 Å². The van der Waals surface area contributed by atoms with Crippen molar-refractivity contribution in [2.24, 2.45) is 5.73 Å². The lowest BCUT2D eigenvalue weighted by Crippen LogP contribution is -2.43. The molecule has 282 valence electrons. The van der Waals surface area contributed by atoms with E-state index in [1.165, 1.54) is 5.56 Å². The van der Waals surface area contributed by atoms with E-state index in [1.807, 2.05) is 79.4 Å². The minimum absolute atomic E-state index is 0.0551. The number of carboxylic acid groups (broad SMARTS) is 1. The number of para-hydroxylation sites is 1. The number of rotatable bonds is 13. The number of benzene rings is 3. The summed E-state index contributed by atoms with van der Waals surface area (Å²) < 4.78 is 1.62. The number of aromatic nitrogens is 1. The number of fused-ring (bicyclic) bond motifs is 1. The number of hydrogen-bond donors (Lipinski definition) is 5. The molecule has 4 aromatic rings. The number of nitrogens with one attached hydrogen (secondary N) is 3. The van der Waals surface area contributed by atoms with Crippen molar-refractivity contribution in [3.8, 4) is 0 Å². The van der Waals surface area contributed by atoms with Gasteiger partial charge in [0, 0.05) is 66.6 Å². The van der Waals surface area contributed by atoms with E-state index in [-0.39, 0.29) is 17.4 Å². The molecule has 0 spiro atoms. The number of anilines is 4. The van der Waals surface area contributed by atoms with E-state index in [2.05, 4.69) is 32.8 Å². The summed E-state index contributed by atoms with van der Waals surface area (Å²) in [6, 6.07) is 20.5. The molecule has 1 unspecified atom stereocenters. The lowest BCUT2D eigenvalue weighted by atomic mass is 10.0. The predicted octanol–water partition coefficient (Wildman–Crippen LogP) is 5.36. The Morgan fingerprint density at radius 3 is 2.28 bits per heavy atom. The first kappa shape index (κ1) is 38.0. The first-order chi connectivity index (χ1) is 25.9. The zero-order valence-electron chi connectivity index (χ0n) is 31.4. The fourth-order valence-corrected chi connectivity index (χ4v) is 7.39. The highest BCUT2D eigenvalue weighted by molar-refractivity contribution is 6.36. The SMILES string of the molecule is CCN(CC)C(C(N)=O)n1c(C)c(C(=O)O)c(C)c1C=C1C(=O)Nc2c(Nc3cccc(NC(=O)c4ccc(CN5CCN(C)CC5)cc4)c3)cccc21. The number of aromatic carboxylic acids is 1. The summed E-state index contributed by atoms with van der Waals surface area (Å²) in [6.07, 6.45) is 0.670. The van der Waals surface area contributed by atoms with Crippen LogP contribution in [-0.2, 0) is 16.1 Å². The van der Waals surface area contributed by atoms with Gasteiger partial charge in [0.2, 0.25) is 0 Å². The van der Waals surface area contributed by atoms with Crippen LogP contribution >= 0.6 is 0 Å². The van der Waals surface area contributed by atoms with E-state index in [0.29, 0.717) is 69.5 Å². The van der Waals surface area contributed by atoms with E-state index < -0.39 is 18.0 Å². The molecule has 0 saturated carbocycles. The highest BCUT2D eigenvalue weighted by atomic mass is 16.4. The van der Waals surface area contributed by atoms with Crippen LogP contribution in [0.15, 0.2) is 66.7 Å². The Kier molecular flexibility index (Phi) is 11.3. The molecule has 6 N–H and O–H groups in total. The van der Waals surface area contributed by atoms with Crippen LogP contribution in [0.25, 0.3) is 11.6 Å². The molecule has 0 aliphatic carbocycles. The molecule has 0 radical (unpaired) electrons. The van der Waals surface area contributed by atoms with Gasteiger partial charge in [0.1, 0.15) is 0 Å². The van der Waals surface area contributed by atoms with Crippen LogP contribution < -0.4 is 21.7 Å². The minimum atomic E-state index is -1.14. The van der Waals surface area contributed by atoms with Gasteiger partial charge < -0.3 is 36.3 Å². The van der Waals surface area contributed by atoms with E-state index in [0.717, 1.165) is 32.7 Å². The number of carbonyl (C=O) groups is 4. The van der Waals surface area contributed by atoms with Crippen molar-refractivity contribution in [1.29, 1.82) is 0 Å². The molecule has 0 bridgehead atoms.